The maximum atomic E-state index is 11.5. The smallest absolute Gasteiger partial charge is 0.252 e. The van der Waals surface area contributed by atoms with Gasteiger partial charge in [-0.2, -0.15) is 0 Å². The summed E-state index contributed by atoms with van der Waals surface area (Å²) in [7, 11) is 0. The van der Waals surface area contributed by atoms with Gasteiger partial charge in [-0.3, -0.25) is 9.36 Å². The van der Waals surface area contributed by atoms with Gasteiger partial charge in [0.1, 0.15) is 5.82 Å². The average Bonchev–Trinajstić information content (AvgIpc) is 2.13. The fourth-order valence-electron chi connectivity index (χ4n) is 1.77. The van der Waals surface area contributed by atoms with Gasteiger partial charge >= 0.3 is 0 Å². The standard InChI is InChI=1S/C11H17N3O/c12-10-5-2-6-11(15)14(10)8-7-13-9-3-1-4-9/h2,5-6,9,13H,1,3-4,7-8,12H2. The number of aromatic nitrogens is 1. The first-order valence-electron chi connectivity index (χ1n) is 5.46. The summed E-state index contributed by atoms with van der Waals surface area (Å²) in [4.78, 5) is 11.5. The van der Waals surface area contributed by atoms with E-state index in [1.165, 1.54) is 19.3 Å². The zero-order valence-corrected chi connectivity index (χ0v) is 8.78. The Bertz CT molecular complexity index is 382. The van der Waals surface area contributed by atoms with Crippen LogP contribution in [0.25, 0.3) is 0 Å². The molecule has 1 aromatic rings. The van der Waals surface area contributed by atoms with Gasteiger partial charge in [-0.1, -0.05) is 12.5 Å². The Morgan fingerprint density at radius 2 is 2.27 bits per heavy atom. The Hall–Kier alpha value is -1.29. The third kappa shape index (κ3) is 2.39. The van der Waals surface area contributed by atoms with Gasteiger partial charge in [0.25, 0.3) is 5.56 Å². The van der Waals surface area contributed by atoms with Crippen LogP contribution in [0.5, 0.6) is 0 Å². The summed E-state index contributed by atoms with van der Waals surface area (Å²) >= 11 is 0. The summed E-state index contributed by atoms with van der Waals surface area (Å²) in [5.74, 6) is 0.540. The molecule has 0 bridgehead atoms. The van der Waals surface area contributed by atoms with Crippen molar-refractivity contribution in [3.05, 3.63) is 28.6 Å². The summed E-state index contributed by atoms with van der Waals surface area (Å²) in [6.07, 6.45) is 3.85. The molecule has 0 spiro atoms. The van der Waals surface area contributed by atoms with Gasteiger partial charge in [-0.15, -0.1) is 0 Å². The summed E-state index contributed by atoms with van der Waals surface area (Å²) in [6, 6.07) is 5.64. The Morgan fingerprint density at radius 3 is 2.87 bits per heavy atom. The molecule has 0 amide bonds. The van der Waals surface area contributed by atoms with Gasteiger partial charge in [0.15, 0.2) is 0 Å². The third-order valence-electron chi connectivity index (χ3n) is 2.96. The van der Waals surface area contributed by atoms with E-state index in [9.17, 15) is 4.79 Å². The molecule has 1 saturated carbocycles. The van der Waals surface area contributed by atoms with Crippen LogP contribution in [0, 0.1) is 0 Å². The number of rotatable bonds is 4. The summed E-state index contributed by atoms with van der Waals surface area (Å²) < 4.78 is 1.60. The lowest BCUT2D eigenvalue weighted by molar-refractivity contribution is 0.334. The molecule has 1 fully saturated rings. The lowest BCUT2D eigenvalue weighted by Crippen LogP contribution is -2.38. The van der Waals surface area contributed by atoms with Gasteiger partial charge in [0.05, 0.1) is 0 Å². The number of anilines is 1. The van der Waals surface area contributed by atoms with Crippen LogP contribution in [-0.2, 0) is 6.54 Å². The SMILES string of the molecule is Nc1cccc(=O)n1CCNC1CCC1. The van der Waals surface area contributed by atoms with Crippen LogP contribution in [-0.4, -0.2) is 17.2 Å². The van der Waals surface area contributed by atoms with Crippen molar-refractivity contribution < 1.29 is 0 Å². The second kappa shape index (κ2) is 4.49. The predicted molar refractivity (Wildman–Crippen MR) is 60.8 cm³/mol. The highest BCUT2D eigenvalue weighted by atomic mass is 16.1. The Kier molecular flexibility index (Phi) is 3.06. The number of nitrogens with one attached hydrogen (secondary N) is 1. The molecule has 2 rings (SSSR count). The lowest BCUT2D eigenvalue weighted by atomic mass is 9.93. The van der Waals surface area contributed by atoms with Crippen LogP contribution in [0.3, 0.4) is 0 Å². The molecule has 0 saturated heterocycles. The molecular formula is C11H17N3O. The summed E-state index contributed by atoms with van der Waals surface area (Å²) in [5.41, 5.74) is 5.70. The van der Waals surface area contributed by atoms with E-state index in [4.69, 9.17) is 5.73 Å². The van der Waals surface area contributed by atoms with Gasteiger partial charge < -0.3 is 11.1 Å². The van der Waals surface area contributed by atoms with Gasteiger partial charge in [-0.05, 0) is 18.9 Å². The minimum atomic E-state index is -0.0228. The zero-order chi connectivity index (χ0) is 10.7. The van der Waals surface area contributed by atoms with Gasteiger partial charge in [0.2, 0.25) is 0 Å². The number of hydrogen-bond donors (Lipinski definition) is 2. The zero-order valence-electron chi connectivity index (χ0n) is 8.78. The maximum Gasteiger partial charge on any atom is 0.252 e. The Balaban J connectivity index is 1.89. The van der Waals surface area contributed by atoms with Crippen LogP contribution < -0.4 is 16.6 Å². The van der Waals surface area contributed by atoms with Crippen LogP contribution >= 0.6 is 0 Å². The largest absolute Gasteiger partial charge is 0.385 e. The Morgan fingerprint density at radius 1 is 1.47 bits per heavy atom. The molecule has 15 heavy (non-hydrogen) atoms. The van der Waals surface area contributed by atoms with E-state index in [2.05, 4.69) is 5.32 Å². The average molecular weight is 207 g/mol. The van der Waals surface area contributed by atoms with Crippen molar-refractivity contribution in [2.45, 2.75) is 31.8 Å². The predicted octanol–water partition coefficient (Wildman–Crippen LogP) is 0.573. The fraction of sp³-hybridized carbons (Fsp3) is 0.545. The molecule has 1 aliphatic rings. The summed E-state index contributed by atoms with van der Waals surface area (Å²) in [6.45, 7) is 1.47. The van der Waals surface area contributed by atoms with E-state index in [0.717, 1.165) is 6.54 Å². The minimum Gasteiger partial charge on any atom is -0.385 e. The number of hydrogen-bond acceptors (Lipinski definition) is 3. The molecular weight excluding hydrogens is 190 g/mol. The van der Waals surface area contributed by atoms with Crippen LogP contribution in [0.15, 0.2) is 23.0 Å². The maximum absolute atomic E-state index is 11.5. The lowest BCUT2D eigenvalue weighted by Gasteiger charge is -2.26. The molecule has 3 N–H and O–H groups in total. The second-order valence-corrected chi connectivity index (χ2v) is 4.02. The van der Waals surface area contributed by atoms with E-state index in [1.807, 2.05) is 0 Å². The van der Waals surface area contributed by atoms with Crippen molar-refractivity contribution in [2.75, 3.05) is 12.3 Å². The first kappa shape index (κ1) is 10.2. The first-order valence-corrected chi connectivity index (χ1v) is 5.46. The first-order chi connectivity index (χ1) is 7.27. The molecule has 1 aliphatic carbocycles. The minimum absolute atomic E-state index is 0.0228. The number of nitrogens with two attached hydrogens (primary N) is 1. The molecule has 1 heterocycles. The highest BCUT2D eigenvalue weighted by Gasteiger charge is 2.15. The molecule has 4 nitrogen and oxygen atoms in total. The molecule has 0 radical (unpaired) electrons. The number of nitrogen functional groups attached to an aromatic ring is 1. The molecule has 82 valence electrons. The van der Waals surface area contributed by atoms with Crippen molar-refractivity contribution in [1.29, 1.82) is 0 Å². The molecule has 0 aliphatic heterocycles. The van der Waals surface area contributed by atoms with Crippen molar-refractivity contribution in [1.82, 2.24) is 9.88 Å². The van der Waals surface area contributed by atoms with E-state index in [0.29, 0.717) is 18.4 Å². The van der Waals surface area contributed by atoms with Crippen LogP contribution in [0.1, 0.15) is 19.3 Å². The molecule has 0 unspecified atom stereocenters. The number of pyridine rings is 1. The topological polar surface area (TPSA) is 60.1 Å². The van der Waals surface area contributed by atoms with Crippen LogP contribution in [0.4, 0.5) is 5.82 Å². The monoisotopic (exact) mass is 207 g/mol. The molecule has 0 aromatic carbocycles. The number of nitrogens with zero attached hydrogens (tertiary/aromatic N) is 1. The Labute approximate surface area is 89.1 Å². The summed E-state index contributed by atoms with van der Waals surface area (Å²) in [5, 5.41) is 3.41. The quantitative estimate of drug-likeness (QED) is 0.759. The van der Waals surface area contributed by atoms with E-state index < -0.39 is 0 Å². The third-order valence-corrected chi connectivity index (χ3v) is 2.96. The van der Waals surface area contributed by atoms with Crippen molar-refractivity contribution in [2.24, 2.45) is 0 Å². The van der Waals surface area contributed by atoms with E-state index in [1.54, 1.807) is 22.8 Å². The normalized spacial score (nSPS) is 16.3. The highest BCUT2D eigenvalue weighted by Crippen LogP contribution is 2.17. The van der Waals surface area contributed by atoms with Gasteiger partial charge in [-0.25, -0.2) is 0 Å². The highest BCUT2D eigenvalue weighted by molar-refractivity contribution is 5.28. The van der Waals surface area contributed by atoms with E-state index in [-0.39, 0.29) is 5.56 Å². The second-order valence-electron chi connectivity index (χ2n) is 4.02. The van der Waals surface area contributed by atoms with Crippen molar-refractivity contribution in [3.63, 3.8) is 0 Å². The van der Waals surface area contributed by atoms with Crippen LogP contribution in [0.2, 0.25) is 0 Å². The molecule has 1 aromatic heterocycles. The molecule has 4 heteroatoms. The fourth-order valence-corrected chi connectivity index (χ4v) is 1.77. The van der Waals surface area contributed by atoms with E-state index >= 15 is 0 Å². The molecule has 0 atom stereocenters. The van der Waals surface area contributed by atoms with Crippen molar-refractivity contribution in [3.8, 4) is 0 Å². The van der Waals surface area contributed by atoms with Crippen molar-refractivity contribution >= 4 is 5.82 Å². The van der Waals surface area contributed by atoms with Gasteiger partial charge in [0, 0.05) is 25.2 Å².